The molecular formula is C25H23ClN2O5. The molecule has 0 unspecified atom stereocenters. The molecule has 0 aromatic heterocycles. The van der Waals surface area contributed by atoms with Crippen LogP contribution in [0.1, 0.15) is 26.3 Å². The summed E-state index contributed by atoms with van der Waals surface area (Å²) in [6.45, 7) is 1.33. The van der Waals surface area contributed by atoms with E-state index in [1.54, 1.807) is 55.6 Å². The van der Waals surface area contributed by atoms with Crippen molar-refractivity contribution in [2.24, 2.45) is 0 Å². The van der Waals surface area contributed by atoms with Gasteiger partial charge in [-0.2, -0.15) is 0 Å². The Labute approximate surface area is 196 Å². The number of halogens is 1. The largest absolute Gasteiger partial charge is 0.497 e. The summed E-state index contributed by atoms with van der Waals surface area (Å²) in [6, 6.07) is 17.3. The molecule has 0 aliphatic carbocycles. The number of carbonyl (C=O) groups excluding carboxylic acids is 2. The molecule has 7 nitrogen and oxygen atoms in total. The van der Waals surface area contributed by atoms with Crippen LogP contribution in [0.25, 0.3) is 0 Å². The molecule has 0 saturated heterocycles. The zero-order valence-electron chi connectivity index (χ0n) is 18.0. The first-order valence-corrected chi connectivity index (χ1v) is 10.8. The number of fused-ring (bicyclic) bond motifs is 1. The predicted octanol–water partition coefficient (Wildman–Crippen LogP) is 4.34. The van der Waals surface area contributed by atoms with E-state index in [4.69, 9.17) is 25.8 Å². The van der Waals surface area contributed by atoms with Crippen LogP contribution < -0.4 is 24.8 Å². The minimum absolute atomic E-state index is 0.288. The van der Waals surface area contributed by atoms with Crippen molar-refractivity contribution < 1.29 is 23.8 Å². The number of rotatable bonds is 7. The highest BCUT2D eigenvalue weighted by molar-refractivity contribution is 6.32. The SMILES string of the molecule is COc1ccc(C(=O)Nc2ccccc2C(=O)NCCc2cc(Cl)c3c(c2)OCCO3)cc1. The van der Waals surface area contributed by atoms with Gasteiger partial charge in [-0.15, -0.1) is 0 Å². The first-order chi connectivity index (χ1) is 16.0. The number of amides is 2. The topological polar surface area (TPSA) is 85.9 Å². The van der Waals surface area contributed by atoms with Crippen molar-refractivity contribution >= 4 is 29.1 Å². The number of benzene rings is 3. The standard InChI is InChI=1S/C25H23ClN2O5/c1-31-18-8-6-17(7-9-18)24(29)28-21-5-3-2-4-19(21)25(30)27-11-10-16-14-20(26)23-22(15-16)32-12-13-33-23/h2-9,14-15H,10-13H2,1H3,(H,27,30)(H,28,29). The Balaban J connectivity index is 1.39. The van der Waals surface area contributed by atoms with Crippen LogP contribution in [-0.2, 0) is 6.42 Å². The summed E-state index contributed by atoms with van der Waals surface area (Å²) in [7, 11) is 1.56. The molecule has 170 valence electrons. The van der Waals surface area contributed by atoms with Crippen molar-refractivity contribution in [3.8, 4) is 17.2 Å². The number of hydrogen-bond acceptors (Lipinski definition) is 5. The molecule has 2 N–H and O–H groups in total. The molecule has 2 amide bonds. The Morgan fingerprint density at radius 1 is 1.00 bits per heavy atom. The molecule has 1 aliphatic heterocycles. The molecule has 0 spiro atoms. The summed E-state index contributed by atoms with van der Waals surface area (Å²) in [5, 5.41) is 6.19. The van der Waals surface area contributed by atoms with Crippen molar-refractivity contribution in [2.45, 2.75) is 6.42 Å². The molecule has 0 atom stereocenters. The first-order valence-electron chi connectivity index (χ1n) is 10.5. The molecular weight excluding hydrogens is 444 g/mol. The van der Waals surface area contributed by atoms with E-state index in [1.807, 2.05) is 12.1 Å². The number of hydrogen-bond donors (Lipinski definition) is 2. The van der Waals surface area contributed by atoms with Crippen LogP contribution in [0, 0.1) is 0 Å². The number of para-hydroxylation sites is 1. The maximum Gasteiger partial charge on any atom is 0.255 e. The fraction of sp³-hybridized carbons (Fsp3) is 0.200. The average molecular weight is 467 g/mol. The van der Waals surface area contributed by atoms with Crippen LogP contribution in [0.5, 0.6) is 17.2 Å². The lowest BCUT2D eigenvalue weighted by atomic mass is 10.1. The molecule has 0 bridgehead atoms. The van der Waals surface area contributed by atoms with Crippen molar-refractivity contribution in [1.82, 2.24) is 5.32 Å². The van der Waals surface area contributed by atoms with Crippen molar-refractivity contribution in [3.63, 3.8) is 0 Å². The molecule has 33 heavy (non-hydrogen) atoms. The quantitative estimate of drug-likeness (QED) is 0.541. The van der Waals surface area contributed by atoms with E-state index in [1.165, 1.54) is 0 Å². The van der Waals surface area contributed by atoms with Gasteiger partial charge in [-0.3, -0.25) is 9.59 Å². The molecule has 3 aromatic rings. The van der Waals surface area contributed by atoms with Gasteiger partial charge in [0.05, 0.1) is 23.4 Å². The van der Waals surface area contributed by atoms with Gasteiger partial charge in [0.15, 0.2) is 11.5 Å². The van der Waals surface area contributed by atoms with Crippen LogP contribution >= 0.6 is 11.6 Å². The van der Waals surface area contributed by atoms with E-state index in [0.717, 1.165) is 5.56 Å². The lowest BCUT2D eigenvalue weighted by Crippen LogP contribution is -2.27. The minimum Gasteiger partial charge on any atom is -0.497 e. The summed E-state index contributed by atoms with van der Waals surface area (Å²) in [4.78, 5) is 25.4. The first kappa shape index (κ1) is 22.5. The van der Waals surface area contributed by atoms with Gasteiger partial charge in [0.25, 0.3) is 11.8 Å². The van der Waals surface area contributed by atoms with Gasteiger partial charge in [-0.1, -0.05) is 23.7 Å². The highest BCUT2D eigenvalue weighted by atomic mass is 35.5. The molecule has 1 aliphatic rings. The number of carbonyl (C=O) groups is 2. The van der Waals surface area contributed by atoms with Crippen molar-refractivity contribution in [1.29, 1.82) is 0 Å². The molecule has 8 heteroatoms. The summed E-state index contributed by atoms with van der Waals surface area (Å²) < 4.78 is 16.2. The Morgan fingerprint density at radius 3 is 2.55 bits per heavy atom. The highest BCUT2D eigenvalue weighted by Crippen LogP contribution is 2.38. The van der Waals surface area contributed by atoms with Crippen LogP contribution in [0.2, 0.25) is 5.02 Å². The Hall–Kier alpha value is -3.71. The van der Waals surface area contributed by atoms with E-state index < -0.39 is 0 Å². The van der Waals surface area contributed by atoms with E-state index in [2.05, 4.69) is 10.6 Å². The Kier molecular flexibility index (Phi) is 7.00. The van der Waals surface area contributed by atoms with E-state index in [0.29, 0.717) is 65.3 Å². The van der Waals surface area contributed by atoms with Crippen LogP contribution in [0.15, 0.2) is 60.7 Å². The fourth-order valence-electron chi connectivity index (χ4n) is 3.45. The van der Waals surface area contributed by atoms with E-state index in [9.17, 15) is 9.59 Å². The van der Waals surface area contributed by atoms with Gasteiger partial charge >= 0.3 is 0 Å². The number of ether oxygens (including phenoxy) is 3. The van der Waals surface area contributed by atoms with Gasteiger partial charge < -0.3 is 24.8 Å². The second-order valence-electron chi connectivity index (χ2n) is 7.34. The summed E-state index contributed by atoms with van der Waals surface area (Å²) in [5.74, 6) is 1.22. The zero-order valence-corrected chi connectivity index (χ0v) is 18.8. The zero-order chi connectivity index (χ0) is 23.2. The lowest BCUT2D eigenvalue weighted by molar-refractivity contribution is 0.0955. The molecule has 0 saturated carbocycles. The number of nitrogens with one attached hydrogen (secondary N) is 2. The average Bonchev–Trinajstić information content (AvgIpc) is 2.84. The second-order valence-corrected chi connectivity index (χ2v) is 7.74. The monoisotopic (exact) mass is 466 g/mol. The van der Waals surface area contributed by atoms with E-state index >= 15 is 0 Å². The van der Waals surface area contributed by atoms with Crippen LogP contribution in [0.4, 0.5) is 5.69 Å². The fourth-order valence-corrected chi connectivity index (χ4v) is 3.74. The Morgan fingerprint density at radius 2 is 1.76 bits per heavy atom. The third kappa shape index (κ3) is 5.38. The van der Waals surface area contributed by atoms with Gasteiger partial charge in [0.1, 0.15) is 19.0 Å². The summed E-state index contributed by atoms with van der Waals surface area (Å²) in [6.07, 6.45) is 0.558. The lowest BCUT2D eigenvalue weighted by Gasteiger charge is -2.20. The highest BCUT2D eigenvalue weighted by Gasteiger charge is 2.17. The molecule has 3 aromatic carbocycles. The number of anilines is 1. The van der Waals surface area contributed by atoms with Gasteiger partial charge in [-0.05, 0) is 60.5 Å². The number of methoxy groups -OCH3 is 1. The summed E-state index contributed by atoms with van der Waals surface area (Å²) >= 11 is 6.28. The summed E-state index contributed by atoms with van der Waals surface area (Å²) in [5.41, 5.74) is 2.19. The molecule has 1 heterocycles. The second kappa shape index (κ2) is 10.3. The van der Waals surface area contributed by atoms with Gasteiger partial charge in [0, 0.05) is 12.1 Å². The van der Waals surface area contributed by atoms with Gasteiger partial charge in [0.2, 0.25) is 0 Å². The Bertz CT molecular complexity index is 1160. The van der Waals surface area contributed by atoms with Crippen LogP contribution in [-0.4, -0.2) is 38.7 Å². The maximum atomic E-state index is 12.8. The molecule has 0 radical (unpaired) electrons. The third-order valence-corrected chi connectivity index (χ3v) is 5.41. The van der Waals surface area contributed by atoms with Crippen LogP contribution in [0.3, 0.4) is 0 Å². The molecule has 4 rings (SSSR count). The predicted molar refractivity (Wildman–Crippen MR) is 126 cm³/mol. The normalized spacial score (nSPS) is 12.1. The van der Waals surface area contributed by atoms with Crippen molar-refractivity contribution in [3.05, 3.63) is 82.4 Å². The smallest absolute Gasteiger partial charge is 0.255 e. The van der Waals surface area contributed by atoms with Gasteiger partial charge in [-0.25, -0.2) is 0 Å². The van der Waals surface area contributed by atoms with Crippen molar-refractivity contribution in [2.75, 3.05) is 32.2 Å². The minimum atomic E-state index is -0.316. The third-order valence-electron chi connectivity index (χ3n) is 5.13. The molecule has 0 fully saturated rings. The van der Waals surface area contributed by atoms with E-state index in [-0.39, 0.29) is 11.8 Å². The maximum absolute atomic E-state index is 12.8.